The van der Waals surface area contributed by atoms with Crippen molar-refractivity contribution in [3.8, 4) is 0 Å². The van der Waals surface area contributed by atoms with E-state index in [1.165, 1.54) is 4.31 Å². The lowest BCUT2D eigenvalue weighted by molar-refractivity contribution is -0.126. The first-order valence-corrected chi connectivity index (χ1v) is 11.4. The molecule has 3 rings (SSSR count). The van der Waals surface area contributed by atoms with Gasteiger partial charge < -0.3 is 4.90 Å². The average molecular weight is 414 g/mol. The van der Waals surface area contributed by atoms with Gasteiger partial charge in [0.2, 0.25) is 15.9 Å². The molecule has 0 saturated carbocycles. The number of pyridine rings is 1. The predicted molar refractivity (Wildman–Crippen MR) is 114 cm³/mol. The predicted octanol–water partition coefficient (Wildman–Crippen LogP) is 3.49. The van der Waals surface area contributed by atoms with E-state index >= 15 is 0 Å². The molecule has 6 nitrogen and oxygen atoms in total. The molecule has 1 aliphatic heterocycles. The first-order chi connectivity index (χ1) is 14.0. The molecule has 154 valence electrons. The molecule has 0 N–H and O–H groups in total. The Kier molecular flexibility index (Phi) is 6.82. The molecule has 0 aliphatic carbocycles. The smallest absolute Gasteiger partial charge is 0.247 e. The van der Waals surface area contributed by atoms with E-state index in [0.29, 0.717) is 13.1 Å². The highest BCUT2D eigenvalue weighted by Crippen LogP contribution is 2.31. The molecule has 2 aromatic rings. The van der Waals surface area contributed by atoms with Gasteiger partial charge in [0.05, 0.1) is 10.9 Å². The fourth-order valence-corrected chi connectivity index (χ4v) is 5.13. The Hall–Kier alpha value is -2.51. The van der Waals surface area contributed by atoms with Gasteiger partial charge in [-0.25, -0.2) is 8.42 Å². The van der Waals surface area contributed by atoms with Crippen molar-refractivity contribution in [2.24, 2.45) is 0 Å². The number of rotatable bonds is 7. The summed E-state index contributed by atoms with van der Waals surface area (Å²) in [6.45, 7) is 5.23. The molecule has 7 heteroatoms. The molecular formula is C22H27N3O3S. The largest absolute Gasteiger partial charge is 0.332 e. The van der Waals surface area contributed by atoms with Crippen LogP contribution in [0.1, 0.15) is 43.9 Å². The normalized spacial score (nSPS) is 17.3. The number of nitrogens with zero attached hydrogens (tertiary/aromatic N) is 3. The summed E-state index contributed by atoms with van der Waals surface area (Å²) in [5, 5.41) is 0. The zero-order valence-electron chi connectivity index (χ0n) is 16.9. The van der Waals surface area contributed by atoms with Gasteiger partial charge in [0.15, 0.2) is 0 Å². The van der Waals surface area contributed by atoms with Crippen molar-refractivity contribution in [3.63, 3.8) is 0 Å². The van der Waals surface area contributed by atoms with Crippen LogP contribution in [0.15, 0.2) is 59.8 Å². The van der Waals surface area contributed by atoms with Gasteiger partial charge in [-0.2, -0.15) is 4.31 Å². The van der Waals surface area contributed by atoms with Crippen LogP contribution in [0.5, 0.6) is 0 Å². The monoisotopic (exact) mass is 413 g/mol. The molecule has 1 fully saturated rings. The summed E-state index contributed by atoms with van der Waals surface area (Å²) in [4.78, 5) is 19.0. The van der Waals surface area contributed by atoms with E-state index in [0.717, 1.165) is 30.5 Å². The van der Waals surface area contributed by atoms with Gasteiger partial charge in [0.1, 0.15) is 0 Å². The van der Waals surface area contributed by atoms with E-state index in [4.69, 9.17) is 0 Å². The molecule has 1 aromatic heterocycles. The number of likely N-dealkylation sites (tertiary alicyclic amines) is 1. The van der Waals surface area contributed by atoms with Crippen LogP contribution in [-0.4, -0.2) is 48.1 Å². The van der Waals surface area contributed by atoms with E-state index in [2.05, 4.69) is 4.98 Å². The van der Waals surface area contributed by atoms with Crippen molar-refractivity contribution in [3.05, 3.63) is 66.0 Å². The summed E-state index contributed by atoms with van der Waals surface area (Å²) >= 11 is 0. The highest BCUT2D eigenvalue weighted by molar-refractivity contribution is 7.89. The van der Waals surface area contributed by atoms with Crippen LogP contribution in [0.4, 0.5) is 0 Å². The van der Waals surface area contributed by atoms with Gasteiger partial charge in [-0.05, 0) is 48.2 Å². The zero-order valence-corrected chi connectivity index (χ0v) is 17.7. The highest BCUT2D eigenvalue weighted by Gasteiger charge is 2.28. The quantitative estimate of drug-likeness (QED) is 0.652. The molecule has 0 spiro atoms. The van der Waals surface area contributed by atoms with Gasteiger partial charge in [0, 0.05) is 38.1 Å². The van der Waals surface area contributed by atoms with Crippen molar-refractivity contribution < 1.29 is 13.2 Å². The maximum absolute atomic E-state index is 12.7. The molecule has 1 saturated heterocycles. The van der Waals surface area contributed by atoms with E-state index in [9.17, 15) is 13.2 Å². The molecule has 1 atom stereocenters. The van der Waals surface area contributed by atoms with Crippen molar-refractivity contribution in [2.75, 3.05) is 19.6 Å². The lowest BCUT2D eigenvalue weighted by Gasteiger charge is -2.23. The Morgan fingerprint density at radius 2 is 1.93 bits per heavy atom. The first kappa shape index (κ1) is 21.2. The molecular weight excluding hydrogens is 386 g/mol. The maximum atomic E-state index is 12.7. The number of amides is 1. The molecule has 29 heavy (non-hydrogen) atoms. The lowest BCUT2D eigenvalue weighted by atomic mass is 10.1. The third-order valence-electron chi connectivity index (χ3n) is 5.25. The van der Waals surface area contributed by atoms with Crippen LogP contribution in [0.2, 0.25) is 0 Å². The van der Waals surface area contributed by atoms with Crippen molar-refractivity contribution in [1.29, 1.82) is 0 Å². The van der Waals surface area contributed by atoms with Gasteiger partial charge in [0.25, 0.3) is 0 Å². The van der Waals surface area contributed by atoms with Gasteiger partial charge in [-0.1, -0.05) is 32.0 Å². The average Bonchev–Trinajstić information content (AvgIpc) is 3.24. The van der Waals surface area contributed by atoms with Crippen LogP contribution in [-0.2, 0) is 14.8 Å². The first-order valence-electron chi connectivity index (χ1n) is 9.96. The minimum absolute atomic E-state index is 0.0452. The number of benzene rings is 1. The number of carbonyl (C=O) groups is 1. The lowest BCUT2D eigenvalue weighted by Crippen LogP contribution is -2.30. The molecule has 1 aliphatic rings. The van der Waals surface area contributed by atoms with E-state index in [-0.39, 0.29) is 16.8 Å². The second-order valence-corrected chi connectivity index (χ2v) is 8.91. The SMILES string of the molecule is CCN(CC)S(=O)(=O)c1ccc(/C=C/C(=O)N2CCCC2c2cccnc2)cc1. The molecule has 1 aromatic carbocycles. The number of carbonyl (C=O) groups excluding carboxylic acids is 1. The third-order valence-corrected chi connectivity index (χ3v) is 7.31. The summed E-state index contributed by atoms with van der Waals surface area (Å²) in [6, 6.07) is 10.6. The van der Waals surface area contributed by atoms with Crippen LogP contribution in [0, 0.1) is 0 Å². The topological polar surface area (TPSA) is 70.6 Å². The second-order valence-electron chi connectivity index (χ2n) is 6.97. The number of hydrogen-bond donors (Lipinski definition) is 0. The summed E-state index contributed by atoms with van der Waals surface area (Å²) in [5.41, 5.74) is 1.84. The summed E-state index contributed by atoms with van der Waals surface area (Å²) in [6.07, 6.45) is 8.74. The Morgan fingerprint density at radius 3 is 2.55 bits per heavy atom. The fraction of sp³-hybridized carbons (Fsp3) is 0.364. The van der Waals surface area contributed by atoms with Crippen LogP contribution >= 0.6 is 0 Å². The number of hydrogen-bond acceptors (Lipinski definition) is 4. The second kappa shape index (κ2) is 9.33. The van der Waals surface area contributed by atoms with E-state index in [1.54, 1.807) is 42.6 Å². The van der Waals surface area contributed by atoms with Gasteiger partial charge in [-0.3, -0.25) is 9.78 Å². The minimum Gasteiger partial charge on any atom is -0.332 e. The standard InChI is InChI=1S/C22H27N3O3S/c1-3-24(4-2)29(27,28)20-12-9-18(10-13-20)11-14-22(26)25-16-6-8-21(25)19-7-5-15-23-17-19/h5,7,9-15,17,21H,3-4,6,8,16H2,1-2H3/b14-11+. The summed E-state index contributed by atoms with van der Waals surface area (Å²) in [7, 11) is -3.47. The minimum atomic E-state index is -3.47. The van der Waals surface area contributed by atoms with Crippen molar-refractivity contribution >= 4 is 22.0 Å². The number of aromatic nitrogens is 1. The third kappa shape index (κ3) is 4.74. The van der Waals surface area contributed by atoms with E-state index in [1.807, 2.05) is 37.1 Å². The molecule has 1 amide bonds. The maximum Gasteiger partial charge on any atom is 0.247 e. The number of sulfonamides is 1. The molecule has 1 unspecified atom stereocenters. The van der Waals surface area contributed by atoms with Crippen LogP contribution in [0.3, 0.4) is 0 Å². The Balaban J connectivity index is 1.71. The van der Waals surface area contributed by atoms with Gasteiger partial charge in [-0.15, -0.1) is 0 Å². The zero-order chi connectivity index (χ0) is 20.9. The van der Waals surface area contributed by atoms with E-state index < -0.39 is 10.0 Å². The Labute approximate surface area is 172 Å². The Bertz CT molecular complexity index is 953. The van der Waals surface area contributed by atoms with Gasteiger partial charge >= 0.3 is 0 Å². The van der Waals surface area contributed by atoms with Crippen LogP contribution < -0.4 is 0 Å². The summed E-state index contributed by atoms with van der Waals surface area (Å²) in [5.74, 6) is -0.0452. The van der Waals surface area contributed by atoms with Crippen molar-refractivity contribution in [1.82, 2.24) is 14.2 Å². The van der Waals surface area contributed by atoms with Crippen molar-refractivity contribution in [2.45, 2.75) is 37.6 Å². The highest BCUT2D eigenvalue weighted by atomic mass is 32.2. The molecule has 0 bridgehead atoms. The fourth-order valence-electron chi connectivity index (χ4n) is 3.68. The molecule has 0 radical (unpaired) electrons. The summed E-state index contributed by atoms with van der Waals surface area (Å²) < 4.78 is 26.5. The molecule has 2 heterocycles. The Morgan fingerprint density at radius 1 is 1.21 bits per heavy atom. The van der Waals surface area contributed by atoms with Crippen LogP contribution in [0.25, 0.3) is 6.08 Å².